The van der Waals surface area contributed by atoms with Crippen molar-refractivity contribution in [1.29, 1.82) is 0 Å². The van der Waals surface area contributed by atoms with Gasteiger partial charge >= 0.3 is 100 Å². The first-order valence-corrected chi connectivity index (χ1v) is 7.28. The van der Waals surface area contributed by atoms with E-state index in [1.54, 1.807) is 24.3 Å². The molecule has 2 aromatic rings. The monoisotopic (exact) mass is 250 g/mol. The molecule has 0 fully saturated rings. The summed E-state index contributed by atoms with van der Waals surface area (Å²) in [5.41, 5.74) is 0.667. The third kappa shape index (κ3) is 2.90. The molecular weight excluding hydrogens is 235 g/mol. The molecule has 0 saturated carbocycles. The second-order valence-corrected chi connectivity index (χ2v) is 5.89. The zero-order valence-corrected chi connectivity index (χ0v) is 10.2. The van der Waals surface area contributed by atoms with Gasteiger partial charge in [-0.1, -0.05) is 0 Å². The van der Waals surface area contributed by atoms with Gasteiger partial charge in [0, 0.05) is 0 Å². The van der Waals surface area contributed by atoms with Crippen molar-refractivity contribution in [3.05, 3.63) is 71.8 Å². The number of rotatable bonds is 3. The van der Waals surface area contributed by atoms with Gasteiger partial charge < -0.3 is 0 Å². The van der Waals surface area contributed by atoms with Gasteiger partial charge in [-0.2, -0.15) is 0 Å². The summed E-state index contributed by atoms with van der Waals surface area (Å²) in [4.78, 5) is 28.9. The van der Waals surface area contributed by atoms with E-state index in [9.17, 15) is 14.7 Å². The minimum absolute atomic E-state index is 0.706. The van der Waals surface area contributed by atoms with Crippen LogP contribution in [0.15, 0.2) is 60.7 Å². The Morgan fingerprint density at radius 3 is 1.29 bits per heavy atom. The molecule has 0 bridgehead atoms. The van der Waals surface area contributed by atoms with Gasteiger partial charge in [0.15, 0.2) is 0 Å². The normalized spacial score (nSPS) is 12.7. The van der Waals surface area contributed by atoms with Crippen LogP contribution in [0.4, 0.5) is 0 Å². The first-order valence-electron chi connectivity index (χ1n) is 5.36. The SMILES string of the molecule is O[PH](O)(O)C(c1ccccc1)c1ccccc1. The summed E-state index contributed by atoms with van der Waals surface area (Å²) in [6.07, 6.45) is 0. The molecule has 0 spiro atoms. The van der Waals surface area contributed by atoms with Gasteiger partial charge in [0.05, 0.1) is 0 Å². The molecule has 0 aliphatic heterocycles. The molecule has 4 heteroatoms. The van der Waals surface area contributed by atoms with Crippen LogP contribution < -0.4 is 0 Å². The molecule has 0 saturated heterocycles. The predicted molar refractivity (Wildman–Crippen MR) is 69.7 cm³/mol. The molecule has 0 unspecified atom stereocenters. The molecule has 2 aromatic carbocycles. The van der Waals surface area contributed by atoms with Crippen molar-refractivity contribution in [3.8, 4) is 0 Å². The average Bonchev–Trinajstić information content (AvgIpc) is 2.30. The van der Waals surface area contributed by atoms with Crippen LogP contribution in [0.1, 0.15) is 16.8 Å². The summed E-state index contributed by atoms with van der Waals surface area (Å²) in [6, 6.07) is 18.1. The van der Waals surface area contributed by atoms with E-state index < -0.39 is 13.6 Å². The van der Waals surface area contributed by atoms with Crippen molar-refractivity contribution < 1.29 is 14.7 Å². The van der Waals surface area contributed by atoms with E-state index in [-0.39, 0.29) is 0 Å². The van der Waals surface area contributed by atoms with Gasteiger partial charge in [0.25, 0.3) is 0 Å². The summed E-state index contributed by atoms with van der Waals surface area (Å²) in [6.45, 7) is 0. The van der Waals surface area contributed by atoms with E-state index in [1.807, 2.05) is 36.4 Å². The molecule has 3 N–H and O–H groups in total. The molecule has 0 aromatic heterocycles. The minimum atomic E-state index is -4.27. The van der Waals surface area contributed by atoms with Crippen LogP contribution >= 0.6 is 7.94 Å². The third-order valence-corrected chi connectivity index (χ3v) is 4.09. The zero-order chi connectivity index (χ0) is 12.3. The van der Waals surface area contributed by atoms with Gasteiger partial charge in [0.2, 0.25) is 0 Å². The molecule has 3 nitrogen and oxygen atoms in total. The molecule has 0 heterocycles. The third-order valence-electron chi connectivity index (χ3n) is 2.65. The summed E-state index contributed by atoms with van der Waals surface area (Å²) in [7, 11) is -4.27. The zero-order valence-electron chi connectivity index (χ0n) is 9.19. The molecule has 0 aliphatic rings. The Labute approximate surface area is 101 Å². The Hall–Kier alpha value is -1.25. The van der Waals surface area contributed by atoms with Crippen LogP contribution in [0.5, 0.6) is 0 Å². The molecule has 0 atom stereocenters. The maximum absolute atomic E-state index is 9.63. The predicted octanol–water partition coefficient (Wildman–Crippen LogP) is 2.25. The summed E-state index contributed by atoms with van der Waals surface area (Å²) in [5, 5.41) is 0. The Balaban J connectivity index is 2.48. The molecule has 0 amide bonds. The fourth-order valence-electron chi connectivity index (χ4n) is 1.93. The second-order valence-electron chi connectivity index (χ2n) is 3.94. The fourth-order valence-corrected chi connectivity index (χ4v) is 3.21. The van der Waals surface area contributed by atoms with E-state index >= 15 is 0 Å². The van der Waals surface area contributed by atoms with Gasteiger partial charge in [0.1, 0.15) is 0 Å². The van der Waals surface area contributed by atoms with E-state index in [2.05, 4.69) is 0 Å². The quantitative estimate of drug-likeness (QED) is 0.732. The van der Waals surface area contributed by atoms with Gasteiger partial charge in [-0.15, -0.1) is 0 Å². The first-order chi connectivity index (χ1) is 8.09. The van der Waals surface area contributed by atoms with Crippen LogP contribution in [-0.2, 0) is 0 Å². The van der Waals surface area contributed by atoms with E-state index in [0.717, 1.165) is 0 Å². The Bertz CT molecular complexity index is 426. The van der Waals surface area contributed by atoms with E-state index in [1.165, 1.54) is 0 Å². The van der Waals surface area contributed by atoms with Crippen LogP contribution in [-0.4, -0.2) is 14.7 Å². The summed E-state index contributed by atoms with van der Waals surface area (Å²) >= 11 is 0. The number of benzene rings is 2. The van der Waals surface area contributed by atoms with Gasteiger partial charge in [-0.25, -0.2) is 0 Å². The summed E-state index contributed by atoms with van der Waals surface area (Å²) < 4.78 is 0. The van der Waals surface area contributed by atoms with E-state index in [0.29, 0.717) is 11.1 Å². The Morgan fingerprint density at radius 1 is 0.647 bits per heavy atom. The van der Waals surface area contributed by atoms with Crippen molar-refractivity contribution in [1.82, 2.24) is 0 Å². The Morgan fingerprint density at radius 2 is 1.00 bits per heavy atom. The molecule has 90 valence electrons. The Kier molecular flexibility index (Phi) is 3.55. The van der Waals surface area contributed by atoms with E-state index in [4.69, 9.17) is 0 Å². The van der Waals surface area contributed by atoms with Crippen molar-refractivity contribution in [2.45, 2.75) is 5.66 Å². The number of hydrogen-bond donors (Lipinski definition) is 3. The molecular formula is C13H15O3P. The van der Waals surface area contributed by atoms with Crippen LogP contribution in [0.3, 0.4) is 0 Å². The van der Waals surface area contributed by atoms with Crippen LogP contribution in [0.25, 0.3) is 0 Å². The van der Waals surface area contributed by atoms with Gasteiger partial charge in [-0.3, -0.25) is 0 Å². The van der Waals surface area contributed by atoms with Crippen LogP contribution in [0.2, 0.25) is 0 Å². The van der Waals surface area contributed by atoms with Crippen molar-refractivity contribution in [2.75, 3.05) is 0 Å². The first kappa shape index (κ1) is 12.2. The number of hydrogen-bond acceptors (Lipinski definition) is 3. The van der Waals surface area contributed by atoms with Gasteiger partial charge in [-0.05, 0) is 0 Å². The fraction of sp³-hybridized carbons (Fsp3) is 0.0769. The molecule has 2 rings (SSSR count). The molecule has 0 radical (unpaired) electrons. The molecule has 17 heavy (non-hydrogen) atoms. The summed E-state index contributed by atoms with van der Waals surface area (Å²) in [5.74, 6) is 0. The van der Waals surface area contributed by atoms with Crippen molar-refractivity contribution >= 4 is 7.94 Å². The van der Waals surface area contributed by atoms with Crippen molar-refractivity contribution in [3.63, 3.8) is 0 Å². The standard InChI is InChI=1S/C13H15O3P/c14-17(15,16)13(11-7-3-1-4-8-11)12-9-5-2-6-10-12/h1-10,13-17H. The van der Waals surface area contributed by atoms with Crippen LogP contribution in [0, 0.1) is 0 Å². The second kappa shape index (κ2) is 4.94. The molecule has 0 aliphatic carbocycles. The topological polar surface area (TPSA) is 60.7 Å². The maximum atomic E-state index is 9.63. The average molecular weight is 250 g/mol. The van der Waals surface area contributed by atoms with Crippen molar-refractivity contribution in [2.24, 2.45) is 0 Å².